The molecule has 0 radical (unpaired) electrons. The van der Waals surface area contributed by atoms with Crippen molar-refractivity contribution in [3.05, 3.63) is 66.2 Å². The Morgan fingerprint density at radius 2 is 1.86 bits per heavy atom. The Bertz CT molecular complexity index is 1210. The summed E-state index contributed by atoms with van der Waals surface area (Å²) < 4.78 is 6.12. The second-order valence-electron chi connectivity index (χ2n) is 6.24. The largest absolute Gasteiger partial charge is 0.507 e. The lowest BCUT2D eigenvalue weighted by atomic mass is 10.1. The minimum absolute atomic E-state index is 0.00510. The van der Waals surface area contributed by atoms with Crippen LogP contribution in [0.25, 0.3) is 22.4 Å². The zero-order valence-corrected chi connectivity index (χ0v) is 15.5. The van der Waals surface area contributed by atoms with E-state index in [1.54, 1.807) is 36.8 Å². The zero-order chi connectivity index (χ0) is 20.4. The highest BCUT2D eigenvalue weighted by atomic mass is 16.5. The van der Waals surface area contributed by atoms with Crippen molar-refractivity contribution >= 4 is 16.8 Å². The maximum atomic E-state index is 11.5. The summed E-state index contributed by atoms with van der Waals surface area (Å²) in [5.41, 5.74) is 7.14. The molecule has 3 aromatic heterocycles. The summed E-state index contributed by atoms with van der Waals surface area (Å²) in [6, 6.07) is 9.90. The van der Waals surface area contributed by atoms with E-state index >= 15 is 0 Å². The van der Waals surface area contributed by atoms with Gasteiger partial charge < -0.3 is 15.6 Å². The molecule has 0 unspecified atom stereocenters. The molecule has 8 heteroatoms. The van der Waals surface area contributed by atoms with Gasteiger partial charge in [0.2, 0.25) is 0 Å². The highest BCUT2D eigenvalue weighted by molar-refractivity contribution is 6.00. The third-order valence-corrected chi connectivity index (χ3v) is 4.36. The monoisotopic (exact) mass is 387 g/mol. The van der Waals surface area contributed by atoms with Crippen molar-refractivity contribution in [2.45, 2.75) is 13.3 Å². The lowest BCUT2D eigenvalue weighted by molar-refractivity contribution is 0.0998. The minimum Gasteiger partial charge on any atom is -0.507 e. The molecule has 3 heterocycles. The number of hydrogen-bond acceptors (Lipinski definition) is 7. The maximum absolute atomic E-state index is 11.5. The third kappa shape index (κ3) is 3.55. The van der Waals surface area contributed by atoms with E-state index in [1.807, 2.05) is 13.0 Å². The second kappa shape index (κ2) is 7.51. The number of benzene rings is 1. The topological polar surface area (TPSA) is 124 Å². The molecule has 29 heavy (non-hydrogen) atoms. The molecule has 4 rings (SSSR count). The van der Waals surface area contributed by atoms with Crippen LogP contribution in [0.5, 0.6) is 17.2 Å². The van der Waals surface area contributed by atoms with E-state index in [9.17, 15) is 9.90 Å². The van der Waals surface area contributed by atoms with Crippen molar-refractivity contribution in [1.29, 1.82) is 0 Å². The Morgan fingerprint density at radius 3 is 2.59 bits per heavy atom. The normalized spacial score (nSPS) is 10.8. The number of nitrogens with zero attached hydrogens (tertiary/aromatic N) is 4. The van der Waals surface area contributed by atoms with Gasteiger partial charge in [-0.25, -0.2) is 15.0 Å². The number of primary amides is 1. The molecule has 8 nitrogen and oxygen atoms in total. The number of pyridine rings is 2. The van der Waals surface area contributed by atoms with E-state index in [-0.39, 0.29) is 11.3 Å². The molecule has 144 valence electrons. The molecule has 1 aromatic carbocycles. The molecule has 0 aliphatic carbocycles. The van der Waals surface area contributed by atoms with Gasteiger partial charge in [-0.2, -0.15) is 0 Å². The number of amides is 1. The molecule has 3 N–H and O–H groups in total. The quantitative estimate of drug-likeness (QED) is 0.538. The number of hydrogen-bond donors (Lipinski definition) is 2. The first kappa shape index (κ1) is 18.3. The summed E-state index contributed by atoms with van der Waals surface area (Å²) in [6.07, 6.45) is 5.57. The summed E-state index contributed by atoms with van der Waals surface area (Å²) >= 11 is 0. The average molecular weight is 387 g/mol. The highest BCUT2D eigenvalue weighted by Gasteiger charge is 2.16. The number of carbonyl (C=O) groups excluding carboxylic acids is 1. The van der Waals surface area contributed by atoms with Gasteiger partial charge in [-0.1, -0.05) is 6.92 Å². The highest BCUT2D eigenvalue weighted by Crippen LogP contribution is 2.35. The van der Waals surface area contributed by atoms with Crippen LogP contribution < -0.4 is 10.5 Å². The van der Waals surface area contributed by atoms with E-state index < -0.39 is 5.91 Å². The van der Waals surface area contributed by atoms with Crippen molar-refractivity contribution in [3.63, 3.8) is 0 Å². The van der Waals surface area contributed by atoms with Gasteiger partial charge >= 0.3 is 0 Å². The second-order valence-corrected chi connectivity index (χ2v) is 6.24. The summed E-state index contributed by atoms with van der Waals surface area (Å²) in [7, 11) is 0. The van der Waals surface area contributed by atoms with Gasteiger partial charge in [-0.05, 0) is 42.8 Å². The Balaban J connectivity index is 1.83. The van der Waals surface area contributed by atoms with Crippen LogP contribution in [0.2, 0.25) is 0 Å². The summed E-state index contributed by atoms with van der Waals surface area (Å²) in [6.45, 7) is 2.01. The number of aryl methyl sites for hydroxylation is 1. The first-order valence-electron chi connectivity index (χ1n) is 8.93. The number of rotatable bonds is 5. The predicted molar refractivity (Wildman–Crippen MR) is 107 cm³/mol. The summed E-state index contributed by atoms with van der Waals surface area (Å²) in [4.78, 5) is 28.9. The molecule has 0 saturated heterocycles. The zero-order valence-electron chi connectivity index (χ0n) is 15.5. The number of carbonyl (C=O) groups is 1. The van der Waals surface area contributed by atoms with Gasteiger partial charge in [0.25, 0.3) is 5.91 Å². The Kier molecular flexibility index (Phi) is 4.74. The van der Waals surface area contributed by atoms with E-state index in [2.05, 4.69) is 19.9 Å². The SMILES string of the molecule is CCc1ccc(Oc2ccnc3cc(C(N)=O)c(O)cc23)c(-c2ncccn2)n1. The molecule has 0 saturated carbocycles. The van der Waals surface area contributed by atoms with E-state index in [1.165, 1.54) is 12.1 Å². The van der Waals surface area contributed by atoms with Crippen molar-refractivity contribution in [3.8, 4) is 28.8 Å². The number of phenols is 1. The number of aromatic nitrogens is 4. The van der Waals surface area contributed by atoms with Gasteiger partial charge in [0, 0.05) is 29.7 Å². The fourth-order valence-electron chi connectivity index (χ4n) is 2.91. The number of nitrogens with two attached hydrogens (primary N) is 1. The van der Waals surface area contributed by atoms with E-state index in [0.29, 0.717) is 33.9 Å². The van der Waals surface area contributed by atoms with Crippen molar-refractivity contribution in [2.75, 3.05) is 0 Å². The minimum atomic E-state index is -0.736. The van der Waals surface area contributed by atoms with Gasteiger partial charge in [0.15, 0.2) is 17.3 Å². The van der Waals surface area contributed by atoms with Gasteiger partial charge in [-0.15, -0.1) is 0 Å². The van der Waals surface area contributed by atoms with Gasteiger partial charge in [0.05, 0.1) is 11.1 Å². The number of fused-ring (bicyclic) bond motifs is 1. The molecule has 0 aliphatic rings. The molecule has 0 aliphatic heterocycles. The van der Waals surface area contributed by atoms with Crippen LogP contribution in [0.4, 0.5) is 0 Å². The van der Waals surface area contributed by atoms with Crippen molar-refractivity contribution in [2.24, 2.45) is 5.73 Å². The van der Waals surface area contributed by atoms with Gasteiger partial charge in [0.1, 0.15) is 11.5 Å². The first-order valence-corrected chi connectivity index (χ1v) is 8.93. The van der Waals surface area contributed by atoms with Crippen molar-refractivity contribution in [1.82, 2.24) is 19.9 Å². The van der Waals surface area contributed by atoms with Crippen LogP contribution in [0.1, 0.15) is 23.0 Å². The lowest BCUT2D eigenvalue weighted by Crippen LogP contribution is -2.11. The molecule has 1 amide bonds. The fourth-order valence-corrected chi connectivity index (χ4v) is 2.91. The smallest absolute Gasteiger partial charge is 0.252 e. The van der Waals surface area contributed by atoms with Crippen molar-refractivity contribution < 1.29 is 14.6 Å². The lowest BCUT2D eigenvalue weighted by Gasteiger charge is -2.13. The molecule has 0 fully saturated rings. The average Bonchev–Trinajstić information content (AvgIpc) is 2.74. The predicted octanol–water partition coefficient (Wildman–Crippen LogP) is 3.25. The van der Waals surface area contributed by atoms with Crippen LogP contribution in [0.3, 0.4) is 0 Å². The van der Waals surface area contributed by atoms with E-state index in [0.717, 1.165) is 12.1 Å². The van der Waals surface area contributed by atoms with Gasteiger partial charge in [-0.3, -0.25) is 9.78 Å². The van der Waals surface area contributed by atoms with Crippen LogP contribution in [0.15, 0.2) is 55.0 Å². The molecular formula is C21H17N5O3. The standard InChI is InChI=1S/C21H17N5O3/c1-2-12-4-5-18(19(26-12)21-24-7-3-8-25-21)29-17-6-9-23-15-10-14(20(22)28)16(27)11-13(15)17/h3-11,27H,2H2,1H3,(H2,22,28). The number of ether oxygens (including phenoxy) is 1. The Labute approximate surface area is 166 Å². The molecular weight excluding hydrogens is 370 g/mol. The molecule has 0 spiro atoms. The van der Waals surface area contributed by atoms with Crippen LogP contribution in [-0.2, 0) is 6.42 Å². The van der Waals surface area contributed by atoms with Crippen LogP contribution in [0, 0.1) is 0 Å². The summed E-state index contributed by atoms with van der Waals surface area (Å²) in [5, 5.41) is 10.7. The first-order chi connectivity index (χ1) is 14.1. The van der Waals surface area contributed by atoms with Crippen LogP contribution >= 0.6 is 0 Å². The summed E-state index contributed by atoms with van der Waals surface area (Å²) in [5.74, 6) is 0.355. The van der Waals surface area contributed by atoms with E-state index in [4.69, 9.17) is 10.5 Å². The molecule has 0 atom stereocenters. The third-order valence-electron chi connectivity index (χ3n) is 4.36. The fraction of sp³-hybridized carbons (Fsp3) is 0.0952. The molecule has 4 aromatic rings. The molecule has 0 bridgehead atoms. The Morgan fingerprint density at radius 1 is 1.07 bits per heavy atom. The maximum Gasteiger partial charge on any atom is 0.252 e. The Hall–Kier alpha value is -4.07. The number of aromatic hydroxyl groups is 1. The van der Waals surface area contributed by atoms with Crippen LogP contribution in [-0.4, -0.2) is 30.9 Å².